The Morgan fingerprint density at radius 1 is 1.32 bits per heavy atom. The highest BCUT2D eigenvalue weighted by atomic mass is 16.2. The Balaban J connectivity index is 2.42. The normalized spacial score (nSPS) is 23.0. The molecule has 0 radical (unpaired) electrons. The number of nitrogens with zero attached hydrogens (tertiary/aromatic N) is 1. The van der Waals surface area contributed by atoms with Crippen LogP contribution in [0, 0.1) is 17.3 Å². The van der Waals surface area contributed by atoms with Crippen molar-refractivity contribution in [3.8, 4) is 0 Å². The van der Waals surface area contributed by atoms with E-state index in [2.05, 4.69) is 32.6 Å². The van der Waals surface area contributed by atoms with Crippen molar-refractivity contribution in [1.82, 2.24) is 4.90 Å². The molecule has 19 heavy (non-hydrogen) atoms. The fourth-order valence-corrected chi connectivity index (χ4v) is 2.86. The highest BCUT2D eigenvalue weighted by Crippen LogP contribution is 2.34. The number of carbonyl (C=O) groups is 1. The second-order valence-corrected chi connectivity index (χ2v) is 7.25. The van der Waals surface area contributed by atoms with Crippen molar-refractivity contribution in [1.29, 1.82) is 0 Å². The van der Waals surface area contributed by atoms with Crippen molar-refractivity contribution >= 4 is 5.91 Å². The largest absolute Gasteiger partial charge is 0.343 e. The zero-order chi connectivity index (χ0) is 14.5. The van der Waals surface area contributed by atoms with Crippen LogP contribution < -0.4 is 5.73 Å². The summed E-state index contributed by atoms with van der Waals surface area (Å²) in [5.74, 6) is 1.53. The zero-order valence-electron chi connectivity index (χ0n) is 13.2. The first-order valence-electron chi connectivity index (χ1n) is 7.82. The molecule has 112 valence electrons. The van der Waals surface area contributed by atoms with Gasteiger partial charge in [-0.2, -0.15) is 0 Å². The molecule has 1 saturated heterocycles. The molecule has 0 spiro atoms. The molecule has 0 aliphatic carbocycles. The molecule has 0 bridgehead atoms. The Hall–Kier alpha value is -0.570. The minimum absolute atomic E-state index is 0.329. The molecule has 2 N–H and O–H groups in total. The van der Waals surface area contributed by atoms with Gasteiger partial charge in [0.25, 0.3) is 0 Å². The van der Waals surface area contributed by atoms with Gasteiger partial charge in [-0.3, -0.25) is 4.79 Å². The number of carbonyl (C=O) groups excluding carboxylic acids is 1. The average Bonchev–Trinajstić information content (AvgIpc) is 2.60. The molecule has 0 saturated carbocycles. The smallest absolute Gasteiger partial charge is 0.222 e. The van der Waals surface area contributed by atoms with Crippen molar-refractivity contribution in [3.63, 3.8) is 0 Å². The third-order valence-electron chi connectivity index (χ3n) is 4.56. The molecular formula is C16H32N2O. The standard InChI is InChI=1S/C16H32N2O/c1-13(12-17)7-8-15(19)18-10-5-6-14(9-11-18)16(2,3)4/h13-14H,5-12,17H2,1-4H3. The number of amides is 1. The zero-order valence-corrected chi connectivity index (χ0v) is 13.2. The average molecular weight is 268 g/mol. The van der Waals surface area contributed by atoms with Crippen LogP contribution >= 0.6 is 0 Å². The highest BCUT2D eigenvalue weighted by molar-refractivity contribution is 5.76. The first kappa shape index (κ1) is 16.5. The summed E-state index contributed by atoms with van der Waals surface area (Å²) in [7, 11) is 0. The molecule has 3 heteroatoms. The van der Waals surface area contributed by atoms with E-state index >= 15 is 0 Å². The lowest BCUT2D eigenvalue weighted by Crippen LogP contribution is -2.32. The molecule has 2 unspecified atom stereocenters. The van der Waals surface area contributed by atoms with Crippen LogP contribution in [0.15, 0.2) is 0 Å². The van der Waals surface area contributed by atoms with Crippen LogP contribution in [-0.4, -0.2) is 30.4 Å². The van der Waals surface area contributed by atoms with Gasteiger partial charge < -0.3 is 10.6 Å². The van der Waals surface area contributed by atoms with E-state index in [-0.39, 0.29) is 0 Å². The quantitative estimate of drug-likeness (QED) is 0.852. The lowest BCUT2D eigenvalue weighted by molar-refractivity contribution is -0.131. The SMILES string of the molecule is CC(CN)CCC(=O)N1CCCC(C(C)(C)C)CC1. The van der Waals surface area contributed by atoms with Crippen molar-refractivity contribution in [2.45, 2.75) is 59.8 Å². The first-order valence-corrected chi connectivity index (χ1v) is 7.82. The Kier molecular flexibility index (Phi) is 6.31. The lowest BCUT2D eigenvalue weighted by Gasteiger charge is -2.29. The summed E-state index contributed by atoms with van der Waals surface area (Å²) < 4.78 is 0. The second-order valence-electron chi connectivity index (χ2n) is 7.25. The molecule has 1 heterocycles. The van der Waals surface area contributed by atoms with Gasteiger partial charge in [0, 0.05) is 19.5 Å². The van der Waals surface area contributed by atoms with E-state index in [0.29, 0.717) is 30.2 Å². The Labute approximate surface area is 118 Å². The third-order valence-corrected chi connectivity index (χ3v) is 4.56. The molecule has 1 aliphatic heterocycles. The predicted molar refractivity (Wildman–Crippen MR) is 80.8 cm³/mol. The van der Waals surface area contributed by atoms with Crippen LogP contribution in [-0.2, 0) is 4.79 Å². The Morgan fingerprint density at radius 3 is 2.58 bits per heavy atom. The highest BCUT2D eigenvalue weighted by Gasteiger charge is 2.28. The fourth-order valence-electron chi connectivity index (χ4n) is 2.86. The molecule has 1 aliphatic rings. The number of hydrogen-bond acceptors (Lipinski definition) is 2. The van der Waals surface area contributed by atoms with Gasteiger partial charge in [-0.15, -0.1) is 0 Å². The third kappa shape index (κ3) is 5.52. The van der Waals surface area contributed by atoms with Crippen molar-refractivity contribution in [2.75, 3.05) is 19.6 Å². The van der Waals surface area contributed by atoms with Crippen LogP contribution in [0.3, 0.4) is 0 Å². The van der Waals surface area contributed by atoms with E-state index < -0.39 is 0 Å². The molecule has 1 fully saturated rings. The van der Waals surface area contributed by atoms with E-state index in [0.717, 1.165) is 38.3 Å². The summed E-state index contributed by atoms with van der Waals surface area (Å²) in [6, 6.07) is 0. The van der Waals surface area contributed by atoms with E-state index in [1.165, 1.54) is 6.42 Å². The molecule has 3 nitrogen and oxygen atoms in total. The van der Waals surface area contributed by atoms with Gasteiger partial charge in [-0.1, -0.05) is 27.7 Å². The maximum atomic E-state index is 12.2. The summed E-state index contributed by atoms with van der Waals surface area (Å²) in [6.07, 6.45) is 5.15. The van der Waals surface area contributed by atoms with Gasteiger partial charge in [0.15, 0.2) is 0 Å². The Bertz CT molecular complexity index is 283. The van der Waals surface area contributed by atoms with Crippen LogP contribution in [0.4, 0.5) is 0 Å². The number of rotatable bonds is 4. The van der Waals surface area contributed by atoms with Gasteiger partial charge >= 0.3 is 0 Å². The van der Waals surface area contributed by atoms with Gasteiger partial charge in [0.2, 0.25) is 5.91 Å². The minimum atomic E-state index is 0.329. The monoisotopic (exact) mass is 268 g/mol. The first-order chi connectivity index (χ1) is 8.84. The molecule has 0 aromatic heterocycles. The number of nitrogens with two attached hydrogens (primary N) is 1. The van der Waals surface area contributed by atoms with E-state index in [1.807, 2.05) is 0 Å². The molecule has 0 aromatic rings. The molecule has 1 amide bonds. The van der Waals surface area contributed by atoms with Gasteiger partial charge in [0.1, 0.15) is 0 Å². The van der Waals surface area contributed by atoms with Crippen LogP contribution in [0.25, 0.3) is 0 Å². The molecule has 0 aromatic carbocycles. The van der Waals surface area contributed by atoms with Crippen molar-refractivity contribution < 1.29 is 4.79 Å². The van der Waals surface area contributed by atoms with Gasteiger partial charge in [0.05, 0.1) is 0 Å². The van der Waals surface area contributed by atoms with Crippen molar-refractivity contribution in [3.05, 3.63) is 0 Å². The summed E-state index contributed by atoms with van der Waals surface area (Å²) in [6.45, 7) is 11.6. The van der Waals surface area contributed by atoms with E-state index in [1.54, 1.807) is 0 Å². The molecule has 1 rings (SSSR count). The summed E-state index contributed by atoms with van der Waals surface area (Å²) in [5, 5.41) is 0. The summed E-state index contributed by atoms with van der Waals surface area (Å²) in [4.78, 5) is 14.3. The van der Waals surface area contributed by atoms with E-state index in [4.69, 9.17) is 5.73 Å². The maximum absolute atomic E-state index is 12.2. The van der Waals surface area contributed by atoms with Crippen LogP contribution in [0.1, 0.15) is 59.8 Å². The predicted octanol–water partition coefficient (Wildman–Crippen LogP) is 3.04. The Morgan fingerprint density at radius 2 is 2.00 bits per heavy atom. The lowest BCUT2D eigenvalue weighted by atomic mass is 9.77. The van der Waals surface area contributed by atoms with Crippen molar-refractivity contribution in [2.24, 2.45) is 23.0 Å². The topological polar surface area (TPSA) is 46.3 Å². The van der Waals surface area contributed by atoms with Crippen LogP contribution in [0.2, 0.25) is 0 Å². The summed E-state index contributed by atoms with van der Waals surface area (Å²) in [5.41, 5.74) is 5.97. The summed E-state index contributed by atoms with van der Waals surface area (Å²) >= 11 is 0. The fraction of sp³-hybridized carbons (Fsp3) is 0.938. The number of hydrogen-bond donors (Lipinski definition) is 1. The minimum Gasteiger partial charge on any atom is -0.343 e. The maximum Gasteiger partial charge on any atom is 0.222 e. The number of likely N-dealkylation sites (tertiary alicyclic amines) is 1. The van der Waals surface area contributed by atoms with Gasteiger partial charge in [-0.05, 0) is 49.5 Å². The van der Waals surface area contributed by atoms with Gasteiger partial charge in [-0.25, -0.2) is 0 Å². The second kappa shape index (κ2) is 7.28. The van der Waals surface area contributed by atoms with E-state index in [9.17, 15) is 4.79 Å². The molecule has 2 atom stereocenters. The molecular weight excluding hydrogens is 236 g/mol. The van der Waals surface area contributed by atoms with Crippen LogP contribution in [0.5, 0.6) is 0 Å².